The molecule has 116 valence electrons. The van der Waals surface area contributed by atoms with E-state index >= 15 is 0 Å². The van der Waals surface area contributed by atoms with Crippen LogP contribution in [-0.2, 0) is 9.59 Å². The van der Waals surface area contributed by atoms with Crippen LogP contribution in [0.2, 0.25) is 0 Å². The van der Waals surface area contributed by atoms with E-state index in [1.165, 1.54) is 9.80 Å². The summed E-state index contributed by atoms with van der Waals surface area (Å²) in [7, 11) is 0. The SMILES string of the molecule is CCN(CC)C(=O)CN1CCC(C(=O)O)(C(F)(F)F)C1. The number of likely N-dealkylation sites (tertiary alicyclic amines) is 1. The highest BCUT2D eigenvalue weighted by molar-refractivity contribution is 5.79. The van der Waals surface area contributed by atoms with Gasteiger partial charge in [-0.05, 0) is 20.3 Å². The summed E-state index contributed by atoms with van der Waals surface area (Å²) >= 11 is 0. The van der Waals surface area contributed by atoms with Gasteiger partial charge >= 0.3 is 12.1 Å². The highest BCUT2D eigenvalue weighted by atomic mass is 19.4. The first-order valence-electron chi connectivity index (χ1n) is 6.48. The Balaban J connectivity index is 2.76. The van der Waals surface area contributed by atoms with Crippen LogP contribution < -0.4 is 0 Å². The number of hydrogen-bond acceptors (Lipinski definition) is 3. The number of amides is 1. The van der Waals surface area contributed by atoms with Gasteiger partial charge < -0.3 is 10.0 Å². The number of nitrogens with zero attached hydrogens (tertiary/aromatic N) is 2. The molecule has 1 fully saturated rings. The van der Waals surface area contributed by atoms with Gasteiger partial charge in [0.15, 0.2) is 5.41 Å². The van der Waals surface area contributed by atoms with Gasteiger partial charge in [0.1, 0.15) is 0 Å². The molecule has 0 spiro atoms. The van der Waals surface area contributed by atoms with Crippen molar-refractivity contribution in [1.82, 2.24) is 9.80 Å². The largest absolute Gasteiger partial charge is 0.481 e. The third-order valence-corrected chi connectivity index (χ3v) is 3.78. The Morgan fingerprint density at radius 3 is 2.20 bits per heavy atom. The Hall–Kier alpha value is -1.31. The molecule has 1 unspecified atom stereocenters. The number of likely N-dealkylation sites (N-methyl/N-ethyl adjacent to an activating group) is 1. The quantitative estimate of drug-likeness (QED) is 0.828. The zero-order chi connectivity index (χ0) is 15.6. The van der Waals surface area contributed by atoms with Crippen LogP contribution in [0.25, 0.3) is 0 Å². The van der Waals surface area contributed by atoms with Crippen LogP contribution in [0, 0.1) is 5.41 Å². The molecule has 1 aliphatic rings. The third kappa shape index (κ3) is 3.05. The van der Waals surface area contributed by atoms with Crippen molar-refractivity contribution in [3.05, 3.63) is 0 Å². The fourth-order valence-electron chi connectivity index (χ4n) is 2.42. The number of alkyl halides is 3. The van der Waals surface area contributed by atoms with E-state index in [1.807, 2.05) is 0 Å². The summed E-state index contributed by atoms with van der Waals surface area (Å²) in [5.41, 5.74) is -2.75. The lowest BCUT2D eigenvalue weighted by Gasteiger charge is -2.28. The first kappa shape index (κ1) is 16.7. The lowest BCUT2D eigenvalue weighted by Crippen LogP contribution is -2.48. The summed E-state index contributed by atoms with van der Waals surface area (Å²) in [6.07, 6.45) is -5.33. The summed E-state index contributed by atoms with van der Waals surface area (Å²) in [6.45, 7) is 3.63. The zero-order valence-corrected chi connectivity index (χ0v) is 11.5. The van der Waals surface area contributed by atoms with Gasteiger partial charge in [-0.2, -0.15) is 13.2 Å². The molecule has 1 amide bonds. The van der Waals surface area contributed by atoms with Gasteiger partial charge in [-0.15, -0.1) is 0 Å². The maximum Gasteiger partial charge on any atom is 0.406 e. The van der Waals surface area contributed by atoms with E-state index < -0.39 is 30.5 Å². The van der Waals surface area contributed by atoms with Crippen molar-refractivity contribution in [1.29, 1.82) is 0 Å². The molecule has 1 aliphatic heterocycles. The number of rotatable bonds is 5. The molecule has 0 radical (unpaired) electrons. The summed E-state index contributed by atoms with van der Waals surface area (Å²) in [4.78, 5) is 25.6. The molecule has 0 aromatic rings. The van der Waals surface area contributed by atoms with Crippen molar-refractivity contribution in [3.63, 3.8) is 0 Å². The zero-order valence-electron chi connectivity index (χ0n) is 11.5. The summed E-state index contributed by atoms with van der Waals surface area (Å²) in [5, 5.41) is 8.91. The minimum atomic E-state index is -4.81. The van der Waals surface area contributed by atoms with E-state index in [0.717, 1.165) is 0 Å². The van der Waals surface area contributed by atoms with Crippen LogP contribution in [0.4, 0.5) is 13.2 Å². The molecule has 1 saturated heterocycles. The maximum absolute atomic E-state index is 13.0. The highest BCUT2D eigenvalue weighted by Gasteiger charge is 2.63. The van der Waals surface area contributed by atoms with Gasteiger partial charge in [0.05, 0.1) is 6.54 Å². The molecule has 20 heavy (non-hydrogen) atoms. The average molecular weight is 296 g/mol. The van der Waals surface area contributed by atoms with E-state index in [0.29, 0.717) is 13.1 Å². The standard InChI is InChI=1S/C12H19F3N2O3/c1-3-17(4-2)9(18)7-16-6-5-11(8-16,10(19)20)12(13,14)15/h3-8H2,1-2H3,(H,19,20). The summed E-state index contributed by atoms with van der Waals surface area (Å²) in [6, 6.07) is 0. The van der Waals surface area contributed by atoms with Crippen LogP contribution in [0.15, 0.2) is 0 Å². The number of halogens is 3. The second-order valence-electron chi connectivity index (χ2n) is 4.91. The molecular formula is C12H19F3N2O3. The molecule has 1 atom stereocenters. The molecule has 0 bridgehead atoms. The molecule has 0 aromatic heterocycles. The first-order valence-corrected chi connectivity index (χ1v) is 6.48. The lowest BCUT2D eigenvalue weighted by atomic mass is 9.86. The Morgan fingerprint density at radius 2 is 1.85 bits per heavy atom. The predicted molar refractivity (Wildman–Crippen MR) is 65.1 cm³/mol. The van der Waals surface area contributed by atoms with Crippen LogP contribution in [-0.4, -0.2) is 65.7 Å². The number of hydrogen-bond donors (Lipinski definition) is 1. The second kappa shape index (κ2) is 5.99. The monoisotopic (exact) mass is 296 g/mol. The molecule has 5 nitrogen and oxygen atoms in total. The van der Waals surface area contributed by atoms with E-state index in [1.54, 1.807) is 13.8 Å². The summed E-state index contributed by atoms with van der Waals surface area (Å²) < 4.78 is 38.9. The molecule has 0 saturated carbocycles. The smallest absolute Gasteiger partial charge is 0.406 e. The Bertz CT molecular complexity index is 383. The van der Waals surface area contributed by atoms with E-state index in [4.69, 9.17) is 5.11 Å². The number of carbonyl (C=O) groups is 2. The number of carboxylic acid groups (broad SMARTS) is 1. The topological polar surface area (TPSA) is 60.9 Å². The first-order chi connectivity index (χ1) is 9.17. The van der Waals surface area contributed by atoms with Crippen molar-refractivity contribution in [3.8, 4) is 0 Å². The minimum absolute atomic E-state index is 0.0428. The molecule has 0 aromatic carbocycles. The minimum Gasteiger partial charge on any atom is -0.481 e. The molecular weight excluding hydrogens is 277 g/mol. The molecule has 0 aliphatic carbocycles. The van der Waals surface area contributed by atoms with Gasteiger partial charge in [0, 0.05) is 26.2 Å². The number of carbonyl (C=O) groups excluding carboxylic acids is 1. The van der Waals surface area contributed by atoms with E-state index in [-0.39, 0.29) is 19.0 Å². The fourth-order valence-corrected chi connectivity index (χ4v) is 2.42. The third-order valence-electron chi connectivity index (χ3n) is 3.78. The number of carboxylic acids is 1. The lowest BCUT2D eigenvalue weighted by molar-refractivity contribution is -0.227. The predicted octanol–water partition coefficient (Wildman–Crippen LogP) is 1.19. The van der Waals surface area contributed by atoms with Crippen molar-refractivity contribution in [2.45, 2.75) is 26.4 Å². The van der Waals surface area contributed by atoms with Crippen LogP contribution in [0.3, 0.4) is 0 Å². The van der Waals surface area contributed by atoms with Crippen molar-refractivity contribution in [2.24, 2.45) is 5.41 Å². The Morgan fingerprint density at radius 1 is 1.30 bits per heavy atom. The number of aliphatic carboxylic acids is 1. The Labute approximate surface area is 115 Å². The fraction of sp³-hybridized carbons (Fsp3) is 0.833. The van der Waals surface area contributed by atoms with Crippen LogP contribution in [0.1, 0.15) is 20.3 Å². The molecule has 1 heterocycles. The average Bonchev–Trinajstić information content (AvgIpc) is 2.75. The molecule has 8 heteroatoms. The van der Waals surface area contributed by atoms with Crippen molar-refractivity contribution < 1.29 is 27.9 Å². The van der Waals surface area contributed by atoms with Crippen molar-refractivity contribution in [2.75, 3.05) is 32.7 Å². The van der Waals surface area contributed by atoms with E-state index in [2.05, 4.69) is 0 Å². The van der Waals surface area contributed by atoms with Gasteiger partial charge in [-0.25, -0.2) is 0 Å². The summed E-state index contributed by atoms with van der Waals surface area (Å²) in [5.74, 6) is -2.15. The molecule has 1 rings (SSSR count). The normalized spacial score (nSPS) is 23.9. The van der Waals surface area contributed by atoms with E-state index in [9.17, 15) is 22.8 Å². The molecule has 1 N–H and O–H groups in total. The highest BCUT2D eigenvalue weighted by Crippen LogP contribution is 2.45. The van der Waals surface area contributed by atoms with Gasteiger partial charge in [0.2, 0.25) is 5.91 Å². The second-order valence-corrected chi connectivity index (χ2v) is 4.91. The Kier molecular flexibility index (Phi) is 5.01. The van der Waals surface area contributed by atoms with Crippen molar-refractivity contribution >= 4 is 11.9 Å². The van der Waals surface area contributed by atoms with Crippen LogP contribution >= 0.6 is 0 Å². The van der Waals surface area contributed by atoms with Gasteiger partial charge in [-0.3, -0.25) is 14.5 Å². The van der Waals surface area contributed by atoms with Gasteiger partial charge in [-0.1, -0.05) is 0 Å². The van der Waals surface area contributed by atoms with Crippen LogP contribution in [0.5, 0.6) is 0 Å². The van der Waals surface area contributed by atoms with Gasteiger partial charge in [0.25, 0.3) is 0 Å². The maximum atomic E-state index is 13.0.